The lowest BCUT2D eigenvalue weighted by Gasteiger charge is -2.14. The van der Waals surface area contributed by atoms with Crippen LogP contribution in [0, 0.1) is 12.7 Å². The van der Waals surface area contributed by atoms with Crippen LogP contribution in [0.15, 0.2) is 67.1 Å². The van der Waals surface area contributed by atoms with Gasteiger partial charge in [-0.15, -0.1) is 0 Å². The molecule has 5 rings (SSSR count). The van der Waals surface area contributed by atoms with Crippen molar-refractivity contribution in [1.29, 1.82) is 0 Å². The first-order valence-electron chi connectivity index (χ1n) is 11.9. The highest BCUT2D eigenvalue weighted by Crippen LogP contribution is 2.29. The number of thiazole rings is 1. The highest BCUT2D eigenvalue weighted by Gasteiger charge is 2.16. The van der Waals surface area contributed by atoms with Gasteiger partial charge in [0.1, 0.15) is 16.5 Å². The number of anilines is 4. The molecule has 3 aromatic heterocycles. The maximum Gasteiger partial charge on any atom is 0.267 e. The Morgan fingerprint density at radius 3 is 2.55 bits per heavy atom. The summed E-state index contributed by atoms with van der Waals surface area (Å²) in [4.78, 5) is 31.0. The van der Waals surface area contributed by atoms with Crippen LogP contribution in [-0.2, 0) is 0 Å². The summed E-state index contributed by atoms with van der Waals surface area (Å²) in [5, 5.41) is 6.38. The van der Waals surface area contributed by atoms with Crippen molar-refractivity contribution >= 4 is 39.7 Å². The summed E-state index contributed by atoms with van der Waals surface area (Å²) < 4.78 is 15.4. The van der Waals surface area contributed by atoms with E-state index >= 15 is 0 Å². The molecule has 0 saturated carbocycles. The molecule has 0 unspecified atom stereocenters. The molecule has 192 valence electrons. The number of aromatic nitrogens is 5. The molecule has 3 heterocycles. The molecule has 0 fully saturated rings. The van der Waals surface area contributed by atoms with Crippen LogP contribution in [-0.4, -0.2) is 30.4 Å². The summed E-state index contributed by atoms with van der Waals surface area (Å²) in [6.45, 7) is 6.14. The minimum atomic E-state index is -0.357. The second-order valence-electron chi connectivity index (χ2n) is 8.84. The normalized spacial score (nSPS) is 11.1. The lowest BCUT2D eigenvalue weighted by atomic mass is 10.0. The number of nitrogen functional groups attached to an aromatic ring is 1. The molecule has 11 heteroatoms. The van der Waals surface area contributed by atoms with Gasteiger partial charge >= 0.3 is 0 Å². The number of carbonyl (C=O) groups is 1. The van der Waals surface area contributed by atoms with Gasteiger partial charge in [0.05, 0.1) is 35.2 Å². The minimum Gasteiger partial charge on any atom is -0.397 e. The second kappa shape index (κ2) is 10.4. The molecule has 0 atom stereocenters. The Kier molecular flexibility index (Phi) is 6.84. The summed E-state index contributed by atoms with van der Waals surface area (Å²) in [6.07, 6.45) is 4.93. The van der Waals surface area contributed by atoms with E-state index in [9.17, 15) is 9.18 Å². The van der Waals surface area contributed by atoms with Crippen LogP contribution < -0.4 is 16.4 Å². The van der Waals surface area contributed by atoms with Crippen LogP contribution in [0.4, 0.5) is 26.8 Å². The van der Waals surface area contributed by atoms with Gasteiger partial charge < -0.3 is 20.9 Å². The Bertz CT molecular complexity index is 1610. The number of hydrogen-bond donors (Lipinski definition) is 3. The molecule has 0 bridgehead atoms. The average Bonchev–Trinajstić information content (AvgIpc) is 3.53. The first-order chi connectivity index (χ1) is 18.3. The maximum atomic E-state index is 13.3. The average molecular weight is 529 g/mol. The first kappa shape index (κ1) is 25.0. The van der Waals surface area contributed by atoms with Crippen molar-refractivity contribution in [3.05, 3.63) is 83.6 Å². The summed E-state index contributed by atoms with van der Waals surface area (Å²) in [7, 11) is 0. The number of hydrogen-bond acceptors (Lipinski definition) is 8. The lowest BCUT2D eigenvalue weighted by Crippen LogP contribution is -2.11. The fourth-order valence-corrected chi connectivity index (χ4v) is 4.76. The molecule has 0 spiro atoms. The largest absolute Gasteiger partial charge is 0.397 e. The number of amides is 1. The molecule has 0 saturated heterocycles. The van der Waals surface area contributed by atoms with Crippen molar-refractivity contribution in [2.45, 2.75) is 26.8 Å². The van der Waals surface area contributed by atoms with Crippen LogP contribution in [0.5, 0.6) is 0 Å². The fraction of sp³-hybridized carbons (Fsp3) is 0.148. The number of halogens is 1. The van der Waals surface area contributed by atoms with Gasteiger partial charge in [-0.05, 0) is 62.2 Å². The van der Waals surface area contributed by atoms with E-state index in [1.54, 1.807) is 36.7 Å². The zero-order valence-electron chi connectivity index (χ0n) is 20.9. The number of imidazole rings is 1. The molecular formula is C27H25FN8OS. The Morgan fingerprint density at radius 1 is 1.03 bits per heavy atom. The van der Waals surface area contributed by atoms with Gasteiger partial charge in [0, 0.05) is 12.2 Å². The molecule has 0 aliphatic carbocycles. The molecule has 2 aromatic carbocycles. The van der Waals surface area contributed by atoms with Crippen molar-refractivity contribution < 1.29 is 9.18 Å². The van der Waals surface area contributed by atoms with E-state index in [1.165, 1.54) is 18.3 Å². The smallest absolute Gasteiger partial charge is 0.267 e. The summed E-state index contributed by atoms with van der Waals surface area (Å²) >= 11 is 1.16. The predicted molar refractivity (Wildman–Crippen MR) is 148 cm³/mol. The third-order valence-corrected chi connectivity index (χ3v) is 6.76. The Balaban J connectivity index is 1.31. The highest BCUT2D eigenvalue weighted by atomic mass is 32.1. The van der Waals surface area contributed by atoms with Gasteiger partial charge in [0.2, 0.25) is 5.95 Å². The zero-order valence-corrected chi connectivity index (χ0v) is 21.8. The molecule has 0 aliphatic rings. The van der Waals surface area contributed by atoms with Crippen molar-refractivity contribution in [3.8, 4) is 22.5 Å². The lowest BCUT2D eigenvalue weighted by molar-refractivity contribution is 0.103. The van der Waals surface area contributed by atoms with Crippen molar-refractivity contribution in [1.82, 2.24) is 24.5 Å². The summed E-state index contributed by atoms with van der Waals surface area (Å²) in [6, 6.07) is 13.4. The van der Waals surface area contributed by atoms with Gasteiger partial charge in [-0.25, -0.2) is 24.3 Å². The molecular weight excluding hydrogens is 503 g/mol. The van der Waals surface area contributed by atoms with Crippen LogP contribution >= 0.6 is 11.3 Å². The van der Waals surface area contributed by atoms with Gasteiger partial charge in [-0.2, -0.15) is 0 Å². The van der Waals surface area contributed by atoms with Crippen molar-refractivity contribution in [2.24, 2.45) is 0 Å². The van der Waals surface area contributed by atoms with E-state index in [0.717, 1.165) is 39.7 Å². The van der Waals surface area contributed by atoms with Gasteiger partial charge in [-0.3, -0.25) is 4.79 Å². The summed E-state index contributed by atoms with van der Waals surface area (Å²) in [5.74, 6) is 0.586. The number of nitrogens with zero attached hydrogens (tertiary/aromatic N) is 5. The Morgan fingerprint density at radius 2 is 1.79 bits per heavy atom. The van der Waals surface area contributed by atoms with Crippen LogP contribution in [0.3, 0.4) is 0 Å². The number of benzene rings is 2. The number of aryl methyl sites for hydroxylation is 1. The quantitative estimate of drug-likeness (QED) is 0.219. The van der Waals surface area contributed by atoms with Gasteiger partial charge in [0.25, 0.3) is 5.91 Å². The van der Waals surface area contributed by atoms with E-state index in [0.29, 0.717) is 27.3 Å². The monoisotopic (exact) mass is 528 g/mol. The van der Waals surface area contributed by atoms with Gasteiger partial charge in [-0.1, -0.05) is 29.5 Å². The van der Waals surface area contributed by atoms with E-state index in [1.807, 2.05) is 19.1 Å². The van der Waals surface area contributed by atoms with Crippen LogP contribution in [0.25, 0.3) is 22.5 Å². The zero-order chi connectivity index (χ0) is 26.8. The van der Waals surface area contributed by atoms with E-state index < -0.39 is 0 Å². The minimum absolute atomic E-state index is 0.226. The Labute approximate surface area is 222 Å². The third kappa shape index (κ3) is 5.23. The van der Waals surface area contributed by atoms with E-state index in [-0.39, 0.29) is 17.8 Å². The molecule has 5 aromatic rings. The first-order valence-corrected chi connectivity index (χ1v) is 12.7. The Hall–Kier alpha value is -4.64. The van der Waals surface area contributed by atoms with Crippen LogP contribution in [0.1, 0.15) is 35.4 Å². The molecule has 0 radical (unpaired) electrons. The molecule has 9 nitrogen and oxygen atoms in total. The topological polar surface area (TPSA) is 124 Å². The van der Waals surface area contributed by atoms with Crippen LogP contribution in [0.2, 0.25) is 0 Å². The van der Waals surface area contributed by atoms with Gasteiger partial charge in [0.15, 0.2) is 5.13 Å². The number of rotatable bonds is 7. The number of carbonyl (C=O) groups excluding carboxylic acids is 1. The standard InChI is InChI=1S/C27H25FN8OS/c1-15(2)36-16(3)31-13-23(36)21-10-11-30-26(34-21)35-27-32-14-24(38-27)25(37)33-22-12-18(6-9-20(22)29)17-4-7-19(28)8-5-17/h4-15H,29H2,1-3H3,(H,33,37)(H,30,32,34,35). The molecule has 1 amide bonds. The van der Waals surface area contributed by atoms with E-state index in [2.05, 4.69) is 49.0 Å². The highest BCUT2D eigenvalue weighted by molar-refractivity contribution is 7.17. The summed E-state index contributed by atoms with van der Waals surface area (Å²) in [5.41, 5.74) is 10.2. The molecule has 4 N–H and O–H groups in total. The number of nitrogens with one attached hydrogen (secondary N) is 2. The third-order valence-electron chi connectivity index (χ3n) is 5.84. The number of nitrogens with two attached hydrogens (primary N) is 1. The SMILES string of the molecule is Cc1ncc(-c2ccnc(Nc3ncc(C(=O)Nc4cc(-c5ccc(F)cc5)ccc4N)s3)n2)n1C(C)C. The second-order valence-corrected chi connectivity index (χ2v) is 9.87. The van der Waals surface area contributed by atoms with E-state index in [4.69, 9.17) is 5.73 Å². The molecule has 0 aliphatic heterocycles. The fourth-order valence-electron chi connectivity index (χ4n) is 4.06. The van der Waals surface area contributed by atoms with Crippen molar-refractivity contribution in [2.75, 3.05) is 16.4 Å². The predicted octanol–water partition coefficient (Wildman–Crippen LogP) is 6.07. The van der Waals surface area contributed by atoms with Crippen molar-refractivity contribution in [3.63, 3.8) is 0 Å². The maximum absolute atomic E-state index is 13.3. The molecule has 38 heavy (non-hydrogen) atoms.